The van der Waals surface area contributed by atoms with Gasteiger partial charge in [0, 0.05) is 27.4 Å². The highest BCUT2D eigenvalue weighted by molar-refractivity contribution is 6.30. The molecule has 5 atom stereocenters. The van der Waals surface area contributed by atoms with Crippen molar-refractivity contribution >= 4 is 29.1 Å². The molecule has 1 aliphatic heterocycles. The van der Waals surface area contributed by atoms with Crippen LogP contribution in [-0.4, -0.2) is 39.8 Å². The van der Waals surface area contributed by atoms with Gasteiger partial charge >= 0.3 is 0 Å². The van der Waals surface area contributed by atoms with E-state index in [2.05, 4.69) is 6.07 Å². The summed E-state index contributed by atoms with van der Waals surface area (Å²) in [5, 5.41) is 31.0. The zero-order valence-corrected chi connectivity index (χ0v) is 22.9. The van der Waals surface area contributed by atoms with Crippen LogP contribution in [0.1, 0.15) is 76.5 Å². The molecule has 36 heavy (non-hydrogen) atoms. The van der Waals surface area contributed by atoms with Crippen molar-refractivity contribution in [2.75, 3.05) is 6.61 Å². The Hall–Kier alpha value is -2.10. The molecule has 0 saturated carbocycles. The van der Waals surface area contributed by atoms with Crippen LogP contribution < -0.4 is 0 Å². The first-order valence-electron chi connectivity index (χ1n) is 12.5. The highest BCUT2D eigenvalue weighted by atomic mass is 35.5. The lowest BCUT2D eigenvalue weighted by Gasteiger charge is -2.53. The highest BCUT2D eigenvalue weighted by Gasteiger charge is 2.52. The number of nitrogens with zero attached hydrogens (tertiary/aromatic N) is 2. The van der Waals surface area contributed by atoms with Crippen molar-refractivity contribution in [3.05, 3.63) is 69.7 Å². The van der Waals surface area contributed by atoms with Crippen molar-refractivity contribution < 1.29 is 15.0 Å². The number of aliphatic hydroxyl groups excluding tert-OH is 2. The maximum atomic E-state index is 14.4. The molecule has 1 fully saturated rings. The van der Waals surface area contributed by atoms with Crippen molar-refractivity contribution in [3.8, 4) is 6.07 Å². The Morgan fingerprint density at radius 1 is 1.17 bits per heavy atom. The Bertz CT molecular complexity index is 1100. The van der Waals surface area contributed by atoms with Gasteiger partial charge in [-0.25, -0.2) is 0 Å². The normalized spacial score (nSPS) is 24.3. The topological polar surface area (TPSA) is 84.6 Å². The minimum Gasteiger partial charge on any atom is -0.394 e. The zero-order valence-electron chi connectivity index (χ0n) is 21.4. The molecule has 3 rings (SSSR count). The van der Waals surface area contributed by atoms with Crippen LogP contribution in [-0.2, 0) is 4.79 Å². The van der Waals surface area contributed by atoms with Crippen LogP contribution in [0.4, 0.5) is 0 Å². The predicted octanol–water partition coefficient (Wildman–Crippen LogP) is 6.52. The maximum Gasteiger partial charge on any atom is 0.229 e. The molecule has 2 aromatic carbocycles. The molecule has 1 aliphatic rings. The number of likely N-dealkylation sites (tertiary alicyclic amines) is 1. The molecule has 1 saturated heterocycles. The van der Waals surface area contributed by atoms with Crippen molar-refractivity contribution in [2.45, 2.75) is 77.5 Å². The summed E-state index contributed by atoms with van der Waals surface area (Å²) in [6.45, 7) is 7.28. The summed E-state index contributed by atoms with van der Waals surface area (Å²) >= 11 is 12.6. The van der Waals surface area contributed by atoms with Crippen LogP contribution >= 0.6 is 23.2 Å². The number of piperidine rings is 1. The fourth-order valence-corrected chi connectivity index (χ4v) is 5.95. The van der Waals surface area contributed by atoms with Gasteiger partial charge in [0.15, 0.2) is 0 Å². The predicted molar refractivity (Wildman–Crippen MR) is 144 cm³/mol. The van der Waals surface area contributed by atoms with E-state index in [4.69, 9.17) is 23.2 Å². The molecule has 1 amide bonds. The van der Waals surface area contributed by atoms with Gasteiger partial charge in [-0.15, -0.1) is 0 Å². The first-order chi connectivity index (χ1) is 16.9. The highest BCUT2D eigenvalue weighted by Crippen LogP contribution is 2.53. The van der Waals surface area contributed by atoms with E-state index >= 15 is 0 Å². The molecular formula is C29H36Cl2N2O3. The lowest BCUT2D eigenvalue weighted by molar-refractivity contribution is -0.158. The first-order valence-corrected chi connectivity index (χ1v) is 13.2. The first kappa shape index (κ1) is 28.5. The van der Waals surface area contributed by atoms with E-state index in [0.717, 1.165) is 11.1 Å². The number of benzene rings is 2. The fourth-order valence-electron chi connectivity index (χ4n) is 5.63. The largest absolute Gasteiger partial charge is 0.394 e. The number of hydrogen-bond acceptors (Lipinski definition) is 4. The number of aliphatic hydroxyl groups is 2. The Morgan fingerprint density at radius 3 is 2.39 bits per heavy atom. The average Bonchev–Trinajstić information content (AvgIpc) is 2.84. The van der Waals surface area contributed by atoms with Gasteiger partial charge in [-0.3, -0.25) is 4.79 Å². The number of nitriles is 1. The van der Waals surface area contributed by atoms with Gasteiger partial charge in [-0.05, 0) is 74.9 Å². The standard InChI is InChI=1S/C29H36Cl2N2O3/c1-5-23(14-28(2,3)18-32)33-26(19-9-11-21(30)12-10-19)25(20-7-6-8-22(31)13-20)16-29(4,27(33)36)15-24(35)17-34/h6-13,23-26,34-35H,5,14-17H2,1-4H3/t23?,24?,25-,26?,29+/m1/s1. The van der Waals surface area contributed by atoms with Crippen molar-refractivity contribution in [1.82, 2.24) is 4.90 Å². The van der Waals surface area contributed by atoms with E-state index in [1.807, 2.05) is 81.1 Å². The number of amides is 1. The Balaban J connectivity index is 2.24. The average molecular weight is 532 g/mol. The molecule has 0 spiro atoms. The SMILES string of the molecule is CCC(CC(C)(C)C#N)N1C(=O)[C@@](C)(CC(O)CO)C[C@H](c2cccc(Cl)c2)C1c1ccc(Cl)cc1. The monoisotopic (exact) mass is 530 g/mol. The van der Waals surface area contributed by atoms with Gasteiger partial charge in [-0.1, -0.05) is 61.3 Å². The van der Waals surface area contributed by atoms with E-state index in [-0.39, 0.29) is 30.3 Å². The number of hydrogen-bond donors (Lipinski definition) is 2. The van der Waals surface area contributed by atoms with E-state index in [9.17, 15) is 20.3 Å². The van der Waals surface area contributed by atoms with Crippen LogP contribution in [0.5, 0.6) is 0 Å². The van der Waals surface area contributed by atoms with E-state index in [0.29, 0.717) is 29.3 Å². The van der Waals surface area contributed by atoms with E-state index < -0.39 is 23.5 Å². The summed E-state index contributed by atoms with van der Waals surface area (Å²) in [6, 6.07) is 17.1. The molecular weight excluding hydrogens is 495 g/mol. The zero-order chi connectivity index (χ0) is 26.7. The van der Waals surface area contributed by atoms with Crippen molar-refractivity contribution in [2.24, 2.45) is 10.8 Å². The summed E-state index contributed by atoms with van der Waals surface area (Å²) < 4.78 is 0. The van der Waals surface area contributed by atoms with Gasteiger partial charge in [-0.2, -0.15) is 5.26 Å². The summed E-state index contributed by atoms with van der Waals surface area (Å²) in [4.78, 5) is 16.3. The van der Waals surface area contributed by atoms with Crippen LogP contribution in [0, 0.1) is 22.2 Å². The third kappa shape index (κ3) is 6.23. The van der Waals surface area contributed by atoms with Crippen molar-refractivity contribution in [1.29, 1.82) is 5.26 Å². The Morgan fingerprint density at radius 2 is 1.83 bits per heavy atom. The number of halogens is 2. The molecule has 194 valence electrons. The second-order valence-corrected chi connectivity index (χ2v) is 11.8. The number of carbonyl (C=O) groups is 1. The molecule has 0 aliphatic carbocycles. The molecule has 5 nitrogen and oxygen atoms in total. The van der Waals surface area contributed by atoms with Crippen LogP contribution in [0.2, 0.25) is 10.0 Å². The summed E-state index contributed by atoms with van der Waals surface area (Å²) in [7, 11) is 0. The minimum atomic E-state index is -1.01. The molecule has 2 aromatic rings. The smallest absolute Gasteiger partial charge is 0.229 e. The molecule has 2 N–H and O–H groups in total. The summed E-state index contributed by atoms with van der Waals surface area (Å²) in [5.41, 5.74) is 0.410. The van der Waals surface area contributed by atoms with Crippen LogP contribution in [0.25, 0.3) is 0 Å². The third-order valence-electron chi connectivity index (χ3n) is 7.40. The number of carbonyl (C=O) groups excluding carboxylic acids is 1. The van der Waals surface area contributed by atoms with E-state index in [1.165, 1.54) is 0 Å². The van der Waals surface area contributed by atoms with Gasteiger partial charge < -0.3 is 15.1 Å². The second-order valence-electron chi connectivity index (χ2n) is 10.9. The molecule has 3 unspecified atom stereocenters. The molecule has 0 aromatic heterocycles. The Labute approximate surface area is 224 Å². The van der Waals surface area contributed by atoms with Gasteiger partial charge in [0.2, 0.25) is 5.91 Å². The molecule has 7 heteroatoms. The Kier molecular flexibility index (Phi) is 9.11. The van der Waals surface area contributed by atoms with Gasteiger partial charge in [0.25, 0.3) is 0 Å². The minimum absolute atomic E-state index is 0.0752. The van der Waals surface area contributed by atoms with Gasteiger partial charge in [0.05, 0.1) is 30.2 Å². The summed E-state index contributed by atoms with van der Waals surface area (Å²) in [5.74, 6) is -0.202. The third-order valence-corrected chi connectivity index (χ3v) is 7.89. The molecule has 0 bridgehead atoms. The lowest BCUT2D eigenvalue weighted by atomic mass is 9.66. The van der Waals surface area contributed by atoms with Gasteiger partial charge in [0.1, 0.15) is 0 Å². The van der Waals surface area contributed by atoms with Crippen molar-refractivity contribution in [3.63, 3.8) is 0 Å². The van der Waals surface area contributed by atoms with Crippen LogP contribution in [0.15, 0.2) is 48.5 Å². The quantitative estimate of drug-likeness (QED) is 0.386. The lowest BCUT2D eigenvalue weighted by Crippen LogP contribution is -2.57. The maximum absolute atomic E-state index is 14.4. The fraction of sp³-hybridized carbons (Fsp3) is 0.517. The molecule has 0 radical (unpaired) electrons. The second kappa shape index (κ2) is 11.5. The number of rotatable bonds is 9. The van der Waals surface area contributed by atoms with Crippen LogP contribution in [0.3, 0.4) is 0 Å². The summed E-state index contributed by atoms with van der Waals surface area (Å²) in [6.07, 6.45) is 0.786. The van der Waals surface area contributed by atoms with E-state index in [1.54, 1.807) is 0 Å². The molecule has 1 heterocycles.